The highest BCUT2D eigenvalue weighted by molar-refractivity contribution is 5.68. The molecule has 5 heteroatoms. The van der Waals surface area contributed by atoms with Gasteiger partial charge >= 0.3 is 6.09 Å². The number of piperidine rings is 1. The zero-order valence-corrected chi connectivity index (χ0v) is 14.5. The first-order valence-corrected chi connectivity index (χ1v) is 8.26. The largest absolute Gasteiger partial charge is 0.444 e. The third-order valence-electron chi connectivity index (χ3n) is 3.91. The van der Waals surface area contributed by atoms with E-state index < -0.39 is 5.60 Å². The van der Waals surface area contributed by atoms with E-state index in [1.165, 1.54) is 6.07 Å². The van der Waals surface area contributed by atoms with Gasteiger partial charge in [-0.3, -0.25) is 0 Å². The van der Waals surface area contributed by atoms with Crippen molar-refractivity contribution in [1.82, 2.24) is 4.90 Å². The molecule has 1 aromatic carbocycles. The average molecular weight is 322 g/mol. The van der Waals surface area contributed by atoms with Gasteiger partial charge < -0.3 is 15.0 Å². The van der Waals surface area contributed by atoms with Gasteiger partial charge in [0.15, 0.2) is 0 Å². The lowest BCUT2D eigenvalue weighted by Gasteiger charge is -2.37. The topological polar surface area (TPSA) is 41.6 Å². The maximum Gasteiger partial charge on any atom is 0.410 e. The fourth-order valence-corrected chi connectivity index (χ4v) is 2.78. The van der Waals surface area contributed by atoms with Crippen molar-refractivity contribution < 1.29 is 13.9 Å². The van der Waals surface area contributed by atoms with Crippen LogP contribution in [-0.2, 0) is 4.74 Å². The Morgan fingerprint density at radius 3 is 2.83 bits per heavy atom. The fraction of sp³-hybridized carbons (Fsp3) is 0.611. The molecule has 1 atom stereocenters. The molecule has 0 aliphatic carbocycles. The molecule has 0 bridgehead atoms. The molecule has 1 heterocycles. The van der Waals surface area contributed by atoms with Crippen molar-refractivity contribution in [3.8, 4) is 0 Å². The molecule has 4 nitrogen and oxygen atoms in total. The van der Waals surface area contributed by atoms with Crippen molar-refractivity contribution in [2.45, 2.75) is 58.6 Å². The van der Waals surface area contributed by atoms with Gasteiger partial charge in [0.05, 0.1) is 11.7 Å². The van der Waals surface area contributed by atoms with Crippen molar-refractivity contribution in [3.63, 3.8) is 0 Å². The number of amides is 1. The zero-order chi connectivity index (χ0) is 17.0. The van der Waals surface area contributed by atoms with E-state index in [9.17, 15) is 9.18 Å². The third kappa shape index (κ3) is 5.12. The van der Waals surface area contributed by atoms with Gasteiger partial charge in [-0.25, -0.2) is 9.18 Å². The average Bonchev–Trinajstić information content (AvgIpc) is 2.47. The van der Waals surface area contributed by atoms with Gasteiger partial charge in [0.25, 0.3) is 0 Å². The van der Waals surface area contributed by atoms with Crippen molar-refractivity contribution in [2.24, 2.45) is 0 Å². The van der Waals surface area contributed by atoms with E-state index in [1.54, 1.807) is 17.0 Å². The van der Waals surface area contributed by atoms with Gasteiger partial charge in [-0.05, 0) is 64.7 Å². The number of nitrogens with one attached hydrogen (secondary N) is 1. The first kappa shape index (κ1) is 17.6. The van der Waals surface area contributed by atoms with Crippen LogP contribution in [-0.4, -0.2) is 35.7 Å². The van der Waals surface area contributed by atoms with E-state index in [2.05, 4.69) is 5.32 Å². The lowest BCUT2D eigenvalue weighted by Crippen LogP contribution is -2.48. The SMILES string of the molecule is Cc1ccc(F)c(NCC2CCCCN2C(=O)OC(C)(C)C)c1. The molecule has 1 aromatic rings. The van der Waals surface area contributed by atoms with Crippen LogP contribution in [0.5, 0.6) is 0 Å². The van der Waals surface area contributed by atoms with Gasteiger partial charge in [-0.1, -0.05) is 6.07 Å². The number of rotatable bonds is 3. The summed E-state index contributed by atoms with van der Waals surface area (Å²) in [6.45, 7) is 8.74. The van der Waals surface area contributed by atoms with Crippen LogP contribution >= 0.6 is 0 Å². The molecule has 0 spiro atoms. The Morgan fingerprint density at radius 2 is 2.13 bits per heavy atom. The van der Waals surface area contributed by atoms with E-state index in [-0.39, 0.29) is 18.0 Å². The van der Waals surface area contributed by atoms with Crippen molar-refractivity contribution >= 4 is 11.8 Å². The second kappa shape index (κ2) is 7.20. The number of carbonyl (C=O) groups is 1. The lowest BCUT2D eigenvalue weighted by atomic mass is 10.0. The molecule has 1 unspecified atom stereocenters. The van der Waals surface area contributed by atoms with Crippen LogP contribution in [0.4, 0.5) is 14.9 Å². The number of carbonyl (C=O) groups excluding carboxylic acids is 1. The maximum atomic E-state index is 13.8. The normalized spacial score (nSPS) is 18.7. The highest BCUT2D eigenvalue weighted by Crippen LogP contribution is 2.22. The molecule has 1 aliphatic rings. The highest BCUT2D eigenvalue weighted by Gasteiger charge is 2.30. The Hall–Kier alpha value is -1.78. The second-order valence-corrected chi connectivity index (χ2v) is 7.19. The van der Waals surface area contributed by atoms with Crippen LogP contribution in [0.3, 0.4) is 0 Å². The quantitative estimate of drug-likeness (QED) is 0.900. The Kier molecular flexibility index (Phi) is 5.50. The third-order valence-corrected chi connectivity index (χ3v) is 3.91. The molecule has 1 N–H and O–H groups in total. The molecule has 0 aromatic heterocycles. The molecule has 128 valence electrons. The molecule has 1 amide bonds. The first-order chi connectivity index (χ1) is 10.8. The highest BCUT2D eigenvalue weighted by atomic mass is 19.1. The summed E-state index contributed by atoms with van der Waals surface area (Å²) in [5.41, 5.74) is 0.982. The lowest BCUT2D eigenvalue weighted by molar-refractivity contribution is 0.0114. The molecule has 0 saturated carbocycles. The minimum absolute atomic E-state index is 0.0264. The molecular formula is C18H27FN2O2. The van der Waals surface area contributed by atoms with E-state index >= 15 is 0 Å². The van der Waals surface area contributed by atoms with Crippen LogP contribution in [0, 0.1) is 12.7 Å². The van der Waals surface area contributed by atoms with Gasteiger partial charge in [-0.15, -0.1) is 0 Å². The number of nitrogens with zero attached hydrogens (tertiary/aromatic N) is 1. The standard InChI is InChI=1S/C18H27FN2O2/c1-13-8-9-15(19)16(11-13)20-12-14-7-5-6-10-21(14)17(22)23-18(2,3)4/h8-9,11,14,20H,5-7,10,12H2,1-4H3. The van der Waals surface area contributed by atoms with Crippen LogP contribution in [0.25, 0.3) is 0 Å². The molecule has 0 radical (unpaired) electrons. The summed E-state index contributed by atoms with van der Waals surface area (Å²) in [5.74, 6) is -0.268. The maximum absolute atomic E-state index is 13.8. The minimum atomic E-state index is -0.505. The van der Waals surface area contributed by atoms with E-state index in [0.717, 1.165) is 24.8 Å². The number of anilines is 1. The molecule has 2 rings (SSSR count). The number of ether oxygens (including phenoxy) is 1. The van der Waals surface area contributed by atoms with Gasteiger partial charge in [0.2, 0.25) is 0 Å². The van der Waals surface area contributed by atoms with Gasteiger partial charge in [-0.2, -0.15) is 0 Å². The number of hydrogen-bond donors (Lipinski definition) is 1. The van der Waals surface area contributed by atoms with E-state index in [1.807, 2.05) is 27.7 Å². The Balaban J connectivity index is 2.01. The van der Waals surface area contributed by atoms with Crippen LogP contribution < -0.4 is 5.32 Å². The smallest absolute Gasteiger partial charge is 0.410 e. The van der Waals surface area contributed by atoms with Gasteiger partial charge in [0, 0.05) is 13.1 Å². The summed E-state index contributed by atoms with van der Waals surface area (Å²) in [6, 6.07) is 5.02. The Morgan fingerprint density at radius 1 is 1.39 bits per heavy atom. The van der Waals surface area contributed by atoms with Crippen LogP contribution in [0.1, 0.15) is 45.6 Å². The van der Waals surface area contributed by atoms with Crippen molar-refractivity contribution in [3.05, 3.63) is 29.6 Å². The summed E-state index contributed by atoms with van der Waals surface area (Å²) in [4.78, 5) is 14.1. The Labute approximate surface area is 138 Å². The van der Waals surface area contributed by atoms with Crippen molar-refractivity contribution in [1.29, 1.82) is 0 Å². The summed E-state index contributed by atoms with van der Waals surface area (Å²) >= 11 is 0. The fourth-order valence-electron chi connectivity index (χ4n) is 2.78. The predicted molar refractivity (Wildman–Crippen MR) is 90.2 cm³/mol. The summed E-state index contributed by atoms with van der Waals surface area (Å²) in [7, 11) is 0. The van der Waals surface area contributed by atoms with Crippen LogP contribution in [0.15, 0.2) is 18.2 Å². The zero-order valence-electron chi connectivity index (χ0n) is 14.5. The number of aryl methyl sites for hydroxylation is 1. The van der Waals surface area contributed by atoms with E-state index in [0.29, 0.717) is 18.8 Å². The molecular weight excluding hydrogens is 295 g/mol. The number of hydrogen-bond acceptors (Lipinski definition) is 3. The Bertz CT molecular complexity index is 554. The first-order valence-electron chi connectivity index (χ1n) is 8.26. The number of benzene rings is 1. The monoisotopic (exact) mass is 322 g/mol. The molecule has 23 heavy (non-hydrogen) atoms. The van der Waals surface area contributed by atoms with Gasteiger partial charge in [0.1, 0.15) is 11.4 Å². The second-order valence-electron chi connectivity index (χ2n) is 7.19. The molecule has 1 aliphatic heterocycles. The number of halogens is 1. The summed E-state index contributed by atoms with van der Waals surface area (Å²) in [6.07, 6.45) is 2.67. The minimum Gasteiger partial charge on any atom is -0.444 e. The number of likely N-dealkylation sites (tertiary alicyclic amines) is 1. The predicted octanol–water partition coefficient (Wildman–Crippen LogP) is 4.34. The summed E-state index contributed by atoms with van der Waals surface area (Å²) < 4.78 is 19.3. The summed E-state index contributed by atoms with van der Waals surface area (Å²) in [5, 5.41) is 3.15. The molecule has 1 fully saturated rings. The van der Waals surface area contributed by atoms with E-state index in [4.69, 9.17) is 4.74 Å². The molecule has 1 saturated heterocycles. The van der Waals surface area contributed by atoms with Crippen molar-refractivity contribution in [2.75, 3.05) is 18.4 Å². The van der Waals surface area contributed by atoms with Crippen LogP contribution in [0.2, 0.25) is 0 Å².